The molecule has 3 nitrogen and oxygen atoms in total. The molecule has 0 aliphatic carbocycles. The molecule has 0 heterocycles. The average molecular weight is 340 g/mol. The third-order valence-electron chi connectivity index (χ3n) is 3.61. The lowest BCUT2D eigenvalue weighted by Crippen LogP contribution is -2.32. The van der Waals surface area contributed by atoms with Gasteiger partial charge < -0.3 is 5.32 Å². The zero-order valence-electron chi connectivity index (χ0n) is 13.1. The lowest BCUT2D eigenvalue weighted by Gasteiger charge is -2.24. The molecule has 2 aromatic rings. The summed E-state index contributed by atoms with van der Waals surface area (Å²) in [6.07, 6.45) is 0. The Kier molecular flexibility index (Phi) is 5.56. The summed E-state index contributed by atoms with van der Waals surface area (Å²) in [6, 6.07) is 5.18. The molecule has 1 N–H and O–H groups in total. The Morgan fingerprint density at radius 2 is 1.67 bits per heavy atom. The molecule has 0 saturated heterocycles. The number of anilines is 1. The highest BCUT2D eigenvalue weighted by Gasteiger charge is 2.19. The Labute approximate surface area is 136 Å². The van der Waals surface area contributed by atoms with Crippen molar-refractivity contribution in [2.75, 3.05) is 18.9 Å². The fraction of sp³-hybridized carbons (Fsp3) is 0.235. The zero-order chi connectivity index (χ0) is 17.9. The molecule has 7 heteroatoms. The summed E-state index contributed by atoms with van der Waals surface area (Å²) in [7, 11) is 1.56. The molecule has 0 aliphatic heterocycles. The Morgan fingerprint density at radius 3 is 2.29 bits per heavy atom. The quantitative estimate of drug-likeness (QED) is 0.838. The van der Waals surface area contributed by atoms with Crippen LogP contribution in [0.5, 0.6) is 0 Å². The monoisotopic (exact) mass is 340 g/mol. The van der Waals surface area contributed by atoms with Crippen molar-refractivity contribution in [1.29, 1.82) is 0 Å². The topological polar surface area (TPSA) is 32.3 Å². The van der Waals surface area contributed by atoms with Gasteiger partial charge in [0, 0.05) is 23.4 Å². The Morgan fingerprint density at radius 1 is 1.04 bits per heavy atom. The van der Waals surface area contributed by atoms with Crippen molar-refractivity contribution in [3.8, 4) is 0 Å². The van der Waals surface area contributed by atoms with Crippen LogP contribution in [-0.2, 0) is 4.79 Å². The second-order valence-electron chi connectivity index (χ2n) is 5.46. The van der Waals surface area contributed by atoms with Crippen molar-refractivity contribution in [2.45, 2.75) is 13.0 Å². The fourth-order valence-electron chi connectivity index (χ4n) is 2.26. The van der Waals surface area contributed by atoms with Crippen molar-refractivity contribution in [1.82, 2.24) is 4.90 Å². The van der Waals surface area contributed by atoms with E-state index in [9.17, 15) is 22.4 Å². The highest BCUT2D eigenvalue weighted by Crippen LogP contribution is 2.22. The number of carbonyl (C=O) groups is 1. The number of rotatable bonds is 5. The van der Waals surface area contributed by atoms with Crippen molar-refractivity contribution < 1.29 is 22.4 Å². The van der Waals surface area contributed by atoms with Crippen molar-refractivity contribution in [2.24, 2.45) is 0 Å². The van der Waals surface area contributed by atoms with Crippen LogP contribution in [0.15, 0.2) is 36.4 Å². The minimum absolute atomic E-state index is 0.0181. The second kappa shape index (κ2) is 7.44. The van der Waals surface area contributed by atoms with Gasteiger partial charge in [-0.3, -0.25) is 9.69 Å². The van der Waals surface area contributed by atoms with E-state index in [4.69, 9.17) is 0 Å². The number of nitrogens with one attached hydrogen (secondary N) is 1. The Balaban J connectivity index is 2.04. The van der Waals surface area contributed by atoms with Crippen molar-refractivity contribution >= 4 is 11.6 Å². The molecule has 24 heavy (non-hydrogen) atoms. The number of carbonyl (C=O) groups excluding carboxylic acids is 1. The van der Waals surface area contributed by atoms with E-state index < -0.39 is 35.2 Å². The minimum Gasteiger partial charge on any atom is -0.325 e. The second-order valence-corrected chi connectivity index (χ2v) is 5.46. The smallest absolute Gasteiger partial charge is 0.238 e. The SMILES string of the molecule is CC(c1cc(F)ccc1F)N(C)CC(=O)Nc1cc(F)cc(F)c1. The van der Waals surface area contributed by atoms with E-state index in [0.29, 0.717) is 6.07 Å². The van der Waals surface area contributed by atoms with E-state index >= 15 is 0 Å². The van der Waals surface area contributed by atoms with E-state index in [1.165, 1.54) is 4.90 Å². The van der Waals surface area contributed by atoms with Crippen LogP contribution in [0.2, 0.25) is 0 Å². The van der Waals surface area contributed by atoms with Gasteiger partial charge in [0.05, 0.1) is 6.54 Å². The summed E-state index contributed by atoms with van der Waals surface area (Å²) in [6.45, 7) is 1.45. The molecule has 1 atom stereocenters. The van der Waals surface area contributed by atoms with Gasteiger partial charge in [0.2, 0.25) is 5.91 Å². The first kappa shape index (κ1) is 17.9. The van der Waals surface area contributed by atoms with Crippen LogP contribution in [-0.4, -0.2) is 24.4 Å². The summed E-state index contributed by atoms with van der Waals surface area (Å²) in [5.41, 5.74) is 0.0950. The van der Waals surface area contributed by atoms with Gasteiger partial charge in [-0.05, 0) is 44.3 Å². The highest BCUT2D eigenvalue weighted by molar-refractivity contribution is 5.92. The number of halogens is 4. The fourth-order valence-corrected chi connectivity index (χ4v) is 2.26. The maximum atomic E-state index is 13.8. The number of benzene rings is 2. The van der Waals surface area contributed by atoms with Crippen molar-refractivity contribution in [3.05, 3.63) is 65.2 Å². The molecule has 0 bridgehead atoms. The predicted molar refractivity (Wildman–Crippen MR) is 82.4 cm³/mol. The first-order valence-electron chi connectivity index (χ1n) is 7.17. The minimum atomic E-state index is -0.811. The molecule has 128 valence electrons. The third kappa shape index (κ3) is 4.55. The van der Waals surface area contributed by atoms with Crippen LogP contribution >= 0.6 is 0 Å². The summed E-state index contributed by atoms with van der Waals surface area (Å²) in [4.78, 5) is 13.5. The Hall–Kier alpha value is -2.41. The predicted octanol–water partition coefficient (Wildman–Crippen LogP) is 3.87. The van der Waals surface area contributed by atoms with Crippen LogP contribution < -0.4 is 5.32 Å². The molecular formula is C17H16F4N2O. The summed E-state index contributed by atoms with van der Waals surface area (Å²) in [5, 5.41) is 2.36. The molecule has 2 aromatic carbocycles. The molecule has 0 spiro atoms. The van der Waals surface area contributed by atoms with Crippen LogP contribution in [0.1, 0.15) is 18.5 Å². The van der Waals surface area contributed by atoms with Crippen LogP contribution in [0.25, 0.3) is 0 Å². The summed E-state index contributed by atoms with van der Waals surface area (Å²) in [5.74, 6) is -3.32. The number of amides is 1. The van der Waals surface area contributed by atoms with E-state index in [1.54, 1.807) is 14.0 Å². The maximum Gasteiger partial charge on any atom is 0.238 e. The van der Waals surface area contributed by atoms with E-state index in [0.717, 1.165) is 30.3 Å². The first-order chi connectivity index (χ1) is 11.3. The summed E-state index contributed by atoms with van der Waals surface area (Å²) < 4.78 is 53.2. The van der Waals surface area contributed by atoms with E-state index in [-0.39, 0.29) is 17.8 Å². The van der Waals surface area contributed by atoms with Gasteiger partial charge in [0.25, 0.3) is 0 Å². The number of nitrogens with zero attached hydrogens (tertiary/aromatic N) is 1. The molecule has 1 amide bonds. The average Bonchev–Trinajstić information content (AvgIpc) is 2.47. The van der Waals surface area contributed by atoms with Gasteiger partial charge >= 0.3 is 0 Å². The highest BCUT2D eigenvalue weighted by atomic mass is 19.1. The number of hydrogen-bond donors (Lipinski definition) is 1. The van der Waals surface area contributed by atoms with Crippen LogP contribution in [0, 0.1) is 23.3 Å². The molecule has 2 rings (SSSR count). The van der Waals surface area contributed by atoms with Gasteiger partial charge in [-0.25, -0.2) is 17.6 Å². The molecule has 0 saturated carbocycles. The van der Waals surface area contributed by atoms with Crippen LogP contribution in [0.4, 0.5) is 23.2 Å². The van der Waals surface area contributed by atoms with Crippen molar-refractivity contribution in [3.63, 3.8) is 0 Å². The lowest BCUT2D eigenvalue weighted by atomic mass is 10.1. The van der Waals surface area contributed by atoms with Gasteiger partial charge in [0.1, 0.15) is 23.3 Å². The number of likely N-dealkylation sites (N-methyl/N-ethyl adjacent to an activating group) is 1. The summed E-state index contributed by atoms with van der Waals surface area (Å²) >= 11 is 0. The lowest BCUT2D eigenvalue weighted by molar-refractivity contribution is -0.117. The normalized spacial score (nSPS) is 12.3. The molecule has 0 fully saturated rings. The Bertz CT molecular complexity index is 731. The van der Waals surface area contributed by atoms with Gasteiger partial charge in [0.15, 0.2) is 0 Å². The molecular weight excluding hydrogens is 324 g/mol. The van der Waals surface area contributed by atoms with E-state index in [2.05, 4.69) is 5.32 Å². The van der Waals surface area contributed by atoms with Gasteiger partial charge in [-0.1, -0.05) is 0 Å². The van der Waals surface area contributed by atoms with Gasteiger partial charge in [-0.15, -0.1) is 0 Å². The standard InChI is InChI=1S/C17H16F4N2O/c1-10(15-8-11(18)3-4-16(15)21)23(2)9-17(24)22-14-6-12(19)5-13(20)7-14/h3-8,10H,9H2,1-2H3,(H,22,24). The molecule has 0 aromatic heterocycles. The van der Waals surface area contributed by atoms with E-state index in [1.807, 2.05) is 0 Å². The largest absolute Gasteiger partial charge is 0.325 e. The molecule has 0 radical (unpaired) electrons. The van der Waals surface area contributed by atoms with Gasteiger partial charge in [-0.2, -0.15) is 0 Å². The molecule has 1 unspecified atom stereocenters. The molecule has 0 aliphatic rings. The maximum absolute atomic E-state index is 13.8. The third-order valence-corrected chi connectivity index (χ3v) is 3.61. The van der Waals surface area contributed by atoms with Crippen LogP contribution in [0.3, 0.4) is 0 Å². The number of hydrogen-bond acceptors (Lipinski definition) is 2. The first-order valence-corrected chi connectivity index (χ1v) is 7.17. The zero-order valence-corrected chi connectivity index (χ0v) is 13.1.